The molecule has 3 aliphatic rings. The van der Waals surface area contributed by atoms with Crippen molar-refractivity contribution in [2.24, 2.45) is 0 Å². The summed E-state index contributed by atoms with van der Waals surface area (Å²) >= 11 is 0. The van der Waals surface area contributed by atoms with E-state index in [0.717, 1.165) is 12.7 Å². The summed E-state index contributed by atoms with van der Waals surface area (Å²) in [6, 6.07) is 0. The maximum Gasteiger partial charge on any atom is 0.472 e. The first-order valence-electron chi connectivity index (χ1n) is 12.8. The highest BCUT2D eigenvalue weighted by Gasteiger charge is 2.54. The molecular formula is C20H24N10O12P2. The van der Waals surface area contributed by atoms with Crippen LogP contribution in [0.1, 0.15) is 12.5 Å². The minimum absolute atomic E-state index is 0.0507. The Hall–Kier alpha value is -3.24. The molecule has 3 fully saturated rings. The molecule has 0 amide bonds. The number of nitrogens with zero attached hydrogens (tertiary/aromatic N) is 8. The molecule has 0 radical (unpaired) electrons. The summed E-state index contributed by atoms with van der Waals surface area (Å²) in [7, 11) is -10.0. The van der Waals surface area contributed by atoms with Gasteiger partial charge in [-0.15, -0.1) is 0 Å². The molecule has 0 saturated carbocycles. The van der Waals surface area contributed by atoms with Crippen LogP contribution >= 0.6 is 15.6 Å². The van der Waals surface area contributed by atoms with Crippen molar-refractivity contribution in [2.75, 3.05) is 24.7 Å². The van der Waals surface area contributed by atoms with Crippen molar-refractivity contribution >= 4 is 49.6 Å². The van der Waals surface area contributed by atoms with Crippen LogP contribution in [-0.4, -0.2) is 109 Å². The fraction of sp³-hybridized carbons (Fsp3) is 0.500. The predicted molar refractivity (Wildman–Crippen MR) is 141 cm³/mol. The standard InChI is InChI=1S/C20H24N10O12P2/c21-15-9-17(25-3-23-15)29(5-27-9)19-11(31)13-7(39-19)1-37-43(33,34)42-14-8(2-38-44(35,36)41-13)40-20(12(14)32)30-6-28-10-16(22)24-4-26-18(10)30/h3-8,11-14,19-20,31-32H,1-2H2,(H,33,34)(H,35,36)(H2,21,23,25)(H2,22,24,26)/t7-,8?,11?,12+,13-,14?,19-,20-/m1/s1. The molecule has 236 valence electrons. The van der Waals surface area contributed by atoms with Crippen LogP contribution in [0.5, 0.6) is 0 Å². The number of hydrogen-bond acceptors (Lipinski definition) is 18. The largest absolute Gasteiger partial charge is 0.472 e. The average Bonchev–Trinajstić information content (AvgIpc) is 3.73. The minimum atomic E-state index is -5.00. The number of hydrogen-bond donors (Lipinski definition) is 6. The Kier molecular flexibility index (Phi) is 7.16. The summed E-state index contributed by atoms with van der Waals surface area (Å²) in [6.45, 7) is -1.56. The second-order valence-corrected chi connectivity index (χ2v) is 12.8. The topological polar surface area (TPSA) is 310 Å². The molecule has 3 saturated heterocycles. The van der Waals surface area contributed by atoms with Gasteiger partial charge in [0.2, 0.25) is 0 Å². The molecular weight excluding hydrogens is 634 g/mol. The van der Waals surface area contributed by atoms with E-state index >= 15 is 0 Å². The van der Waals surface area contributed by atoms with Gasteiger partial charge < -0.3 is 40.9 Å². The fourth-order valence-corrected chi connectivity index (χ4v) is 7.17. The molecule has 0 aromatic carbocycles. The van der Waals surface area contributed by atoms with Gasteiger partial charge in [-0.05, 0) is 0 Å². The molecule has 5 unspecified atom stereocenters. The second-order valence-electron chi connectivity index (χ2n) is 9.95. The number of nitrogen functional groups attached to an aromatic ring is 2. The minimum Gasteiger partial charge on any atom is -0.386 e. The van der Waals surface area contributed by atoms with Crippen molar-refractivity contribution in [2.45, 2.75) is 49.1 Å². The highest BCUT2D eigenvalue weighted by molar-refractivity contribution is 7.47. The van der Waals surface area contributed by atoms with E-state index in [-0.39, 0.29) is 34.0 Å². The Morgan fingerprint density at radius 1 is 0.705 bits per heavy atom. The summed E-state index contributed by atoms with van der Waals surface area (Å²) in [5.41, 5.74) is 12.4. The SMILES string of the molecule is Nc1ncnc2c1ncn2[C@@H]1O[C@@H]2COP(=O)(O)OC3C(COP(=O)(O)O[C@H]2C1O)O[C@@H](n1cnc2c(N)ncnc21)[C@H]3O. The highest BCUT2D eigenvalue weighted by atomic mass is 31.2. The number of fused-ring (bicyclic) bond motifs is 4. The van der Waals surface area contributed by atoms with Gasteiger partial charge in [-0.2, -0.15) is 0 Å². The van der Waals surface area contributed by atoms with Gasteiger partial charge in [0.05, 0.1) is 25.9 Å². The van der Waals surface area contributed by atoms with E-state index in [1.54, 1.807) is 0 Å². The van der Waals surface area contributed by atoms with Gasteiger partial charge in [0.1, 0.15) is 60.3 Å². The molecule has 7 rings (SSSR count). The molecule has 7 heterocycles. The number of imidazole rings is 2. The number of anilines is 2. The number of aliphatic hydroxyl groups excluding tert-OH is 2. The quantitative estimate of drug-likeness (QED) is 0.132. The van der Waals surface area contributed by atoms with Gasteiger partial charge in [0, 0.05) is 0 Å². The molecule has 44 heavy (non-hydrogen) atoms. The van der Waals surface area contributed by atoms with E-state index in [0.29, 0.717) is 0 Å². The number of aromatic nitrogens is 8. The van der Waals surface area contributed by atoms with E-state index in [2.05, 4.69) is 29.9 Å². The fourth-order valence-electron chi connectivity index (χ4n) is 5.24. The normalized spacial score (nSPS) is 38.3. The zero-order valence-corrected chi connectivity index (χ0v) is 23.8. The number of rotatable bonds is 2. The predicted octanol–water partition coefficient (Wildman–Crippen LogP) is -1.63. The van der Waals surface area contributed by atoms with Gasteiger partial charge >= 0.3 is 15.6 Å². The van der Waals surface area contributed by atoms with Crippen molar-refractivity contribution in [3.05, 3.63) is 25.3 Å². The van der Waals surface area contributed by atoms with E-state index in [9.17, 15) is 29.1 Å². The van der Waals surface area contributed by atoms with Crippen molar-refractivity contribution in [1.29, 1.82) is 0 Å². The lowest BCUT2D eigenvalue weighted by atomic mass is 10.1. The summed E-state index contributed by atoms with van der Waals surface area (Å²) in [6.07, 6.45) is -7.30. The smallest absolute Gasteiger partial charge is 0.386 e. The van der Waals surface area contributed by atoms with Gasteiger partial charge in [-0.25, -0.2) is 39.0 Å². The third-order valence-electron chi connectivity index (χ3n) is 7.26. The van der Waals surface area contributed by atoms with Crippen LogP contribution < -0.4 is 11.5 Å². The number of phosphoric acid groups is 2. The molecule has 4 aromatic rings. The summed E-state index contributed by atoms with van der Waals surface area (Å²) in [5, 5.41) is 22.2. The maximum atomic E-state index is 13.1. The van der Waals surface area contributed by atoms with Crippen LogP contribution in [0, 0.1) is 0 Å². The third kappa shape index (κ3) is 5.04. The molecule has 10 atom stereocenters. The molecule has 0 spiro atoms. The van der Waals surface area contributed by atoms with Crippen LogP contribution in [0.4, 0.5) is 11.6 Å². The Morgan fingerprint density at radius 3 is 1.52 bits per heavy atom. The van der Waals surface area contributed by atoms with Crippen LogP contribution in [0.3, 0.4) is 0 Å². The van der Waals surface area contributed by atoms with Crippen molar-refractivity contribution in [1.82, 2.24) is 39.0 Å². The maximum absolute atomic E-state index is 13.1. The zero-order valence-electron chi connectivity index (χ0n) is 22.0. The van der Waals surface area contributed by atoms with Crippen molar-refractivity contribution in [3.8, 4) is 0 Å². The Labute approximate surface area is 244 Å². The van der Waals surface area contributed by atoms with Crippen LogP contribution in [0.25, 0.3) is 22.3 Å². The lowest BCUT2D eigenvalue weighted by molar-refractivity contribution is -0.0664. The van der Waals surface area contributed by atoms with E-state index in [4.69, 9.17) is 39.0 Å². The lowest BCUT2D eigenvalue weighted by Gasteiger charge is -2.27. The third-order valence-corrected chi connectivity index (χ3v) is 9.23. The van der Waals surface area contributed by atoms with Crippen molar-refractivity contribution in [3.63, 3.8) is 0 Å². The molecule has 24 heteroatoms. The van der Waals surface area contributed by atoms with Crippen LogP contribution in [0.2, 0.25) is 0 Å². The number of nitrogens with two attached hydrogens (primary N) is 2. The van der Waals surface area contributed by atoms with Gasteiger partial charge in [-0.3, -0.25) is 27.2 Å². The summed E-state index contributed by atoms with van der Waals surface area (Å²) < 4.78 is 61.2. The monoisotopic (exact) mass is 658 g/mol. The first kappa shape index (κ1) is 29.5. The average molecular weight is 658 g/mol. The molecule has 0 aliphatic carbocycles. The Balaban J connectivity index is 1.17. The van der Waals surface area contributed by atoms with Gasteiger partial charge in [0.25, 0.3) is 0 Å². The first-order valence-corrected chi connectivity index (χ1v) is 15.8. The molecule has 3 aliphatic heterocycles. The van der Waals surface area contributed by atoms with Crippen LogP contribution in [-0.2, 0) is 36.7 Å². The van der Waals surface area contributed by atoms with E-state index < -0.39 is 77.9 Å². The zero-order chi connectivity index (χ0) is 31.0. The Bertz CT molecular complexity index is 1690. The summed E-state index contributed by atoms with van der Waals surface area (Å²) in [5.74, 6) is 0.101. The molecule has 4 aromatic heterocycles. The highest BCUT2D eigenvalue weighted by Crippen LogP contribution is 2.53. The lowest BCUT2D eigenvalue weighted by Crippen LogP contribution is -2.39. The van der Waals surface area contributed by atoms with E-state index in [1.165, 1.54) is 21.8 Å². The van der Waals surface area contributed by atoms with Crippen molar-refractivity contribution < 1.29 is 56.7 Å². The van der Waals surface area contributed by atoms with Gasteiger partial charge in [-0.1, -0.05) is 0 Å². The number of ether oxygens (including phenoxy) is 2. The number of phosphoric ester groups is 2. The second kappa shape index (κ2) is 10.7. The molecule has 22 nitrogen and oxygen atoms in total. The Morgan fingerprint density at radius 2 is 1.11 bits per heavy atom. The first-order chi connectivity index (χ1) is 20.9. The van der Waals surface area contributed by atoms with E-state index in [1.807, 2.05) is 0 Å². The summed E-state index contributed by atoms with van der Waals surface area (Å²) in [4.78, 5) is 45.3. The van der Waals surface area contributed by atoms with Crippen LogP contribution in [0.15, 0.2) is 25.3 Å². The molecule has 0 bridgehead atoms. The number of aliphatic hydroxyl groups is 2. The molecule has 8 N–H and O–H groups in total. The van der Waals surface area contributed by atoms with Gasteiger partial charge in [0.15, 0.2) is 35.4 Å².